The molecule has 2 atom stereocenters. The van der Waals surface area contributed by atoms with Gasteiger partial charge < -0.3 is 15.1 Å². The highest BCUT2D eigenvalue weighted by atomic mass is 19.4. The summed E-state index contributed by atoms with van der Waals surface area (Å²) in [5.41, 5.74) is -0.886. The zero-order valence-electron chi connectivity index (χ0n) is 12.0. The van der Waals surface area contributed by atoms with Gasteiger partial charge in [0.05, 0.1) is 0 Å². The predicted octanol–water partition coefficient (Wildman–Crippen LogP) is 1.36. The summed E-state index contributed by atoms with van der Waals surface area (Å²) < 4.78 is 39.0. The van der Waals surface area contributed by atoms with Crippen molar-refractivity contribution >= 4 is 11.8 Å². The molecule has 2 aliphatic heterocycles. The van der Waals surface area contributed by atoms with Gasteiger partial charge in [-0.25, -0.2) is 4.98 Å². The van der Waals surface area contributed by atoms with Crippen LogP contribution in [0.1, 0.15) is 12.1 Å². The van der Waals surface area contributed by atoms with Gasteiger partial charge in [0.25, 0.3) is 0 Å². The fourth-order valence-corrected chi connectivity index (χ4v) is 2.90. The maximum atomic E-state index is 13.0. The molecule has 0 aliphatic carbocycles. The summed E-state index contributed by atoms with van der Waals surface area (Å²) in [7, 11) is 3.28. The first-order chi connectivity index (χ1) is 9.86. The van der Waals surface area contributed by atoms with Gasteiger partial charge in [0.1, 0.15) is 5.82 Å². The lowest BCUT2D eigenvalue weighted by atomic mass is 9.83. The van der Waals surface area contributed by atoms with Crippen molar-refractivity contribution in [2.45, 2.75) is 18.6 Å². The standard InChI is InChI=1S/C13H18F3N5/c1-20(2)12-18-10(13(14,15)16)5-11(19-12)21-7-8-3-4-17-6-9(8)21/h5,8-9,17H,3-4,6-7H2,1-2H3. The van der Waals surface area contributed by atoms with Gasteiger partial charge in [-0.1, -0.05) is 0 Å². The largest absolute Gasteiger partial charge is 0.433 e. The number of halogens is 3. The van der Waals surface area contributed by atoms with Crippen LogP contribution >= 0.6 is 0 Å². The molecule has 0 aromatic carbocycles. The van der Waals surface area contributed by atoms with Gasteiger partial charge in [0.2, 0.25) is 5.95 Å². The highest BCUT2D eigenvalue weighted by molar-refractivity contribution is 5.50. The molecule has 0 spiro atoms. The van der Waals surface area contributed by atoms with Crippen LogP contribution in [-0.4, -0.2) is 49.7 Å². The van der Waals surface area contributed by atoms with Crippen LogP contribution in [0, 0.1) is 5.92 Å². The van der Waals surface area contributed by atoms with Crippen molar-refractivity contribution in [2.75, 3.05) is 43.5 Å². The molecule has 2 aliphatic rings. The van der Waals surface area contributed by atoms with E-state index >= 15 is 0 Å². The minimum absolute atomic E-state index is 0.0899. The van der Waals surface area contributed by atoms with Gasteiger partial charge in [-0.3, -0.25) is 0 Å². The third-order valence-corrected chi connectivity index (χ3v) is 4.11. The Morgan fingerprint density at radius 2 is 2.10 bits per heavy atom. The zero-order valence-corrected chi connectivity index (χ0v) is 12.0. The fraction of sp³-hybridized carbons (Fsp3) is 0.692. The molecule has 2 saturated heterocycles. The summed E-state index contributed by atoms with van der Waals surface area (Å²) >= 11 is 0. The van der Waals surface area contributed by atoms with Gasteiger partial charge in [-0.05, 0) is 18.9 Å². The molecule has 116 valence electrons. The fourth-order valence-electron chi connectivity index (χ4n) is 2.90. The van der Waals surface area contributed by atoms with Gasteiger partial charge in [0, 0.05) is 39.3 Å². The Bertz CT molecular complexity index is 531. The highest BCUT2D eigenvalue weighted by Crippen LogP contribution is 2.36. The number of nitrogens with one attached hydrogen (secondary N) is 1. The summed E-state index contributed by atoms with van der Waals surface area (Å²) in [6.07, 6.45) is -3.39. The lowest BCUT2D eigenvalue weighted by molar-refractivity contribution is -0.141. The summed E-state index contributed by atoms with van der Waals surface area (Å²) in [5.74, 6) is 1.01. The van der Waals surface area contributed by atoms with Gasteiger partial charge in [-0.2, -0.15) is 18.2 Å². The van der Waals surface area contributed by atoms with E-state index in [4.69, 9.17) is 0 Å². The second kappa shape index (κ2) is 5.01. The molecular formula is C13H18F3N5. The molecule has 2 fully saturated rings. The van der Waals surface area contributed by atoms with Crippen LogP contribution in [0.5, 0.6) is 0 Å². The van der Waals surface area contributed by atoms with Crippen molar-refractivity contribution in [1.82, 2.24) is 15.3 Å². The average molecular weight is 301 g/mol. The SMILES string of the molecule is CN(C)c1nc(N2CC3CCNCC32)cc(C(F)(F)F)n1. The number of nitrogens with zero attached hydrogens (tertiary/aromatic N) is 4. The number of aromatic nitrogens is 2. The zero-order chi connectivity index (χ0) is 15.2. The van der Waals surface area contributed by atoms with E-state index in [1.807, 2.05) is 4.90 Å². The normalized spacial score (nSPS) is 25.3. The van der Waals surface area contributed by atoms with Crippen LogP contribution in [0.4, 0.5) is 24.9 Å². The number of hydrogen-bond acceptors (Lipinski definition) is 5. The van der Waals surface area contributed by atoms with E-state index in [-0.39, 0.29) is 12.0 Å². The van der Waals surface area contributed by atoms with E-state index in [1.165, 1.54) is 4.90 Å². The quantitative estimate of drug-likeness (QED) is 0.893. The number of hydrogen-bond donors (Lipinski definition) is 1. The first-order valence-corrected chi connectivity index (χ1v) is 6.97. The van der Waals surface area contributed by atoms with E-state index in [0.717, 1.165) is 32.1 Å². The van der Waals surface area contributed by atoms with Gasteiger partial charge >= 0.3 is 6.18 Å². The van der Waals surface area contributed by atoms with Crippen molar-refractivity contribution in [3.8, 4) is 0 Å². The summed E-state index contributed by atoms with van der Waals surface area (Å²) in [4.78, 5) is 11.3. The molecule has 2 unspecified atom stereocenters. The molecule has 1 aromatic rings. The van der Waals surface area contributed by atoms with Crippen molar-refractivity contribution < 1.29 is 13.2 Å². The monoisotopic (exact) mass is 301 g/mol. The Hall–Kier alpha value is -1.57. The van der Waals surface area contributed by atoms with E-state index in [9.17, 15) is 13.2 Å². The molecule has 1 N–H and O–H groups in total. The second-order valence-electron chi connectivity index (χ2n) is 5.78. The van der Waals surface area contributed by atoms with E-state index < -0.39 is 11.9 Å². The van der Waals surface area contributed by atoms with Crippen LogP contribution in [0.2, 0.25) is 0 Å². The van der Waals surface area contributed by atoms with Crippen LogP contribution in [0.25, 0.3) is 0 Å². The summed E-state index contributed by atoms with van der Waals surface area (Å²) in [5, 5.41) is 3.28. The minimum atomic E-state index is -4.46. The topological polar surface area (TPSA) is 44.3 Å². The summed E-state index contributed by atoms with van der Waals surface area (Å²) in [6.45, 7) is 2.55. The number of fused-ring (bicyclic) bond motifs is 1. The number of alkyl halides is 3. The molecule has 0 amide bonds. The van der Waals surface area contributed by atoms with Crippen molar-refractivity contribution in [3.63, 3.8) is 0 Å². The van der Waals surface area contributed by atoms with E-state index in [0.29, 0.717) is 11.7 Å². The Labute approximate surface area is 121 Å². The molecular weight excluding hydrogens is 283 g/mol. The van der Waals surface area contributed by atoms with Crippen LogP contribution in [0.3, 0.4) is 0 Å². The van der Waals surface area contributed by atoms with Crippen molar-refractivity contribution in [1.29, 1.82) is 0 Å². The Morgan fingerprint density at radius 1 is 1.33 bits per heavy atom. The third kappa shape index (κ3) is 2.64. The first kappa shape index (κ1) is 14.4. The average Bonchev–Trinajstić information content (AvgIpc) is 2.39. The number of piperidine rings is 1. The van der Waals surface area contributed by atoms with Crippen LogP contribution in [0.15, 0.2) is 6.07 Å². The highest BCUT2D eigenvalue weighted by Gasteiger charge is 2.42. The molecule has 0 bridgehead atoms. The maximum Gasteiger partial charge on any atom is 0.433 e. The van der Waals surface area contributed by atoms with Crippen molar-refractivity contribution in [2.24, 2.45) is 5.92 Å². The van der Waals surface area contributed by atoms with E-state index in [1.54, 1.807) is 14.1 Å². The molecule has 21 heavy (non-hydrogen) atoms. The van der Waals surface area contributed by atoms with Crippen molar-refractivity contribution in [3.05, 3.63) is 11.8 Å². The number of anilines is 2. The van der Waals surface area contributed by atoms with Crippen LogP contribution < -0.4 is 15.1 Å². The first-order valence-electron chi connectivity index (χ1n) is 6.97. The Balaban J connectivity index is 1.92. The number of rotatable bonds is 2. The maximum absolute atomic E-state index is 13.0. The van der Waals surface area contributed by atoms with E-state index in [2.05, 4.69) is 15.3 Å². The molecule has 8 heteroatoms. The van der Waals surface area contributed by atoms with Gasteiger partial charge in [-0.15, -0.1) is 0 Å². The molecule has 5 nitrogen and oxygen atoms in total. The Kier molecular flexibility index (Phi) is 3.43. The minimum Gasteiger partial charge on any atom is -0.351 e. The smallest absolute Gasteiger partial charge is 0.351 e. The predicted molar refractivity (Wildman–Crippen MR) is 73.5 cm³/mol. The second-order valence-corrected chi connectivity index (χ2v) is 5.78. The van der Waals surface area contributed by atoms with Crippen LogP contribution in [-0.2, 0) is 6.18 Å². The molecule has 0 saturated carbocycles. The third-order valence-electron chi connectivity index (χ3n) is 4.11. The van der Waals surface area contributed by atoms with Gasteiger partial charge in [0.15, 0.2) is 5.69 Å². The lowest BCUT2D eigenvalue weighted by Gasteiger charge is -2.51. The lowest BCUT2D eigenvalue weighted by Crippen LogP contribution is -2.64. The summed E-state index contributed by atoms with van der Waals surface area (Å²) in [6, 6.07) is 1.29. The molecule has 3 rings (SSSR count). The molecule has 3 heterocycles. The molecule has 1 aromatic heterocycles. The Morgan fingerprint density at radius 3 is 2.71 bits per heavy atom. The molecule has 0 radical (unpaired) electrons.